The monoisotopic (exact) mass is 412 g/mol. The predicted octanol–water partition coefficient (Wildman–Crippen LogP) is 5.22. The van der Waals surface area contributed by atoms with E-state index in [0.717, 1.165) is 60.8 Å². The number of Topliss-reactive ketones (excluding diaryl/α,β-unsaturated/α-hetero) is 1. The molecule has 3 aromatic carbocycles. The Balaban J connectivity index is 1.16. The molecule has 31 heavy (non-hydrogen) atoms. The molecule has 158 valence electrons. The van der Waals surface area contributed by atoms with Crippen molar-refractivity contribution in [3.05, 3.63) is 77.9 Å². The molecule has 1 amide bonds. The molecule has 2 aliphatic rings. The van der Waals surface area contributed by atoms with Gasteiger partial charge in [0.1, 0.15) is 0 Å². The maximum Gasteiger partial charge on any atom is 0.251 e. The number of fused-ring (bicyclic) bond motifs is 1. The van der Waals surface area contributed by atoms with E-state index in [-0.39, 0.29) is 17.9 Å². The van der Waals surface area contributed by atoms with Gasteiger partial charge in [-0.1, -0.05) is 36.8 Å². The minimum absolute atomic E-state index is 0.00284. The molecule has 0 spiro atoms. The maximum atomic E-state index is 12.7. The molecular weight excluding hydrogens is 384 g/mol. The van der Waals surface area contributed by atoms with Crippen molar-refractivity contribution in [1.29, 1.82) is 0 Å². The third-order valence-corrected chi connectivity index (χ3v) is 6.83. The Morgan fingerprint density at radius 2 is 1.45 bits per heavy atom. The molecule has 5 rings (SSSR count). The van der Waals surface area contributed by atoms with Crippen molar-refractivity contribution in [1.82, 2.24) is 5.32 Å². The van der Waals surface area contributed by atoms with Crippen molar-refractivity contribution in [2.75, 3.05) is 18.0 Å². The molecule has 1 N–H and O–H groups in total. The zero-order valence-corrected chi connectivity index (χ0v) is 17.7. The van der Waals surface area contributed by atoms with E-state index in [0.29, 0.717) is 11.3 Å². The number of nitrogens with one attached hydrogen (secondary N) is 1. The van der Waals surface area contributed by atoms with Gasteiger partial charge in [0.05, 0.1) is 0 Å². The Labute approximate surface area is 183 Å². The predicted molar refractivity (Wildman–Crippen MR) is 125 cm³/mol. The van der Waals surface area contributed by atoms with Crippen molar-refractivity contribution in [2.45, 2.75) is 38.1 Å². The molecule has 1 saturated heterocycles. The van der Waals surface area contributed by atoms with Crippen molar-refractivity contribution in [2.24, 2.45) is 5.92 Å². The average molecular weight is 413 g/mol. The van der Waals surface area contributed by atoms with E-state index in [1.807, 2.05) is 48.5 Å². The minimum Gasteiger partial charge on any atom is -0.371 e. The molecule has 4 heteroatoms. The number of ketones is 1. The highest BCUT2D eigenvalue weighted by atomic mass is 16.1. The highest BCUT2D eigenvalue weighted by Crippen LogP contribution is 2.30. The van der Waals surface area contributed by atoms with Gasteiger partial charge in [-0.15, -0.1) is 0 Å². The van der Waals surface area contributed by atoms with Crippen molar-refractivity contribution >= 4 is 28.2 Å². The van der Waals surface area contributed by atoms with Crippen LogP contribution in [-0.4, -0.2) is 30.8 Å². The summed E-state index contributed by atoms with van der Waals surface area (Å²) in [4.78, 5) is 27.5. The molecule has 1 saturated carbocycles. The second-order valence-corrected chi connectivity index (χ2v) is 8.84. The lowest BCUT2D eigenvalue weighted by atomic mass is 9.80. The third kappa shape index (κ3) is 4.20. The average Bonchev–Trinajstić information content (AvgIpc) is 2.78. The first-order valence-electron chi connectivity index (χ1n) is 11.4. The molecule has 1 aliphatic heterocycles. The highest BCUT2D eigenvalue weighted by molar-refractivity contribution is 5.99. The first-order chi connectivity index (χ1) is 15.2. The first-order valence-corrected chi connectivity index (χ1v) is 11.4. The van der Waals surface area contributed by atoms with E-state index < -0.39 is 0 Å². The van der Waals surface area contributed by atoms with E-state index in [1.54, 1.807) is 0 Å². The van der Waals surface area contributed by atoms with Crippen LogP contribution >= 0.6 is 0 Å². The van der Waals surface area contributed by atoms with Crippen LogP contribution in [0.4, 0.5) is 5.69 Å². The topological polar surface area (TPSA) is 49.4 Å². The number of hydrogen-bond acceptors (Lipinski definition) is 3. The second kappa shape index (κ2) is 8.54. The third-order valence-electron chi connectivity index (χ3n) is 6.83. The fraction of sp³-hybridized carbons (Fsp3) is 0.333. The number of piperidine rings is 1. The van der Waals surface area contributed by atoms with E-state index in [9.17, 15) is 9.59 Å². The van der Waals surface area contributed by atoms with E-state index in [4.69, 9.17) is 0 Å². The summed E-state index contributed by atoms with van der Waals surface area (Å²) in [5.41, 5.74) is 2.71. The van der Waals surface area contributed by atoms with Crippen LogP contribution < -0.4 is 10.2 Å². The van der Waals surface area contributed by atoms with Gasteiger partial charge in [-0.05, 0) is 72.9 Å². The Kier molecular flexibility index (Phi) is 5.46. The highest BCUT2D eigenvalue weighted by Gasteiger charge is 2.26. The molecule has 0 aromatic heterocycles. The van der Waals surface area contributed by atoms with Gasteiger partial charge in [0.15, 0.2) is 5.78 Å². The number of anilines is 1. The van der Waals surface area contributed by atoms with Crippen LogP contribution in [0, 0.1) is 5.92 Å². The van der Waals surface area contributed by atoms with Gasteiger partial charge in [0.2, 0.25) is 0 Å². The van der Waals surface area contributed by atoms with Crippen molar-refractivity contribution in [3.8, 4) is 0 Å². The number of amides is 1. The number of rotatable bonds is 5. The van der Waals surface area contributed by atoms with Crippen LogP contribution in [0.15, 0.2) is 66.7 Å². The standard InChI is InChI=1S/C27H28N2O2/c30-26(20-6-3-7-20)21-10-12-25(13-11-21)29-16-14-24(15-17-29)28-27(31)23-9-8-19-4-1-2-5-22(19)18-23/h1-2,4-5,8-13,18,20,24H,3,6-7,14-17H2,(H,28,31). The first kappa shape index (κ1) is 19.8. The largest absolute Gasteiger partial charge is 0.371 e. The number of hydrogen-bond donors (Lipinski definition) is 1. The summed E-state index contributed by atoms with van der Waals surface area (Å²) in [5, 5.41) is 5.44. The smallest absolute Gasteiger partial charge is 0.251 e. The zero-order chi connectivity index (χ0) is 21.2. The molecule has 4 nitrogen and oxygen atoms in total. The fourth-order valence-corrected chi connectivity index (χ4v) is 4.62. The van der Waals surface area contributed by atoms with E-state index in [1.165, 1.54) is 6.42 Å². The van der Waals surface area contributed by atoms with Crippen LogP contribution in [0.5, 0.6) is 0 Å². The quantitative estimate of drug-likeness (QED) is 0.585. The summed E-state index contributed by atoms with van der Waals surface area (Å²) >= 11 is 0. The Morgan fingerprint density at radius 1 is 0.774 bits per heavy atom. The van der Waals surface area contributed by atoms with Gasteiger partial charge < -0.3 is 10.2 Å². The Hall–Kier alpha value is -3.14. The lowest BCUT2D eigenvalue weighted by molar-refractivity contribution is 0.0854. The summed E-state index contributed by atoms with van der Waals surface area (Å²) in [5.74, 6) is 0.545. The molecule has 0 bridgehead atoms. The SMILES string of the molecule is O=C(NC1CCN(c2ccc(C(=O)C3CCC3)cc2)CC1)c1ccc2ccccc2c1. The zero-order valence-electron chi connectivity index (χ0n) is 17.7. The van der Waals surface area contributed by atoms with Gasteiger partial charge in [0.25, 0.3) is 5.91 Å². The van der Waals surface area contributed by atoms with Gasteiger partial charge in [0, 0.05) is 41.9 Å². The molecule has 1 aliphatic carbocycles. The lowest BCUT2D eigenvalue weighted by Gasteiger charge is -2.34. The normalized spacial score (nSPS) is 17.4. The van der Waals surface area contributed by atoms with E-state index in [2.05, 4.69) is 28.4 Å². The van der Waals surface area contributed by atoms with Crippen molar-refractivity contribution in [3.63, 3.8) is 0 Å². The summed E-state index contributed by atoms with van der Waals surface area (Å²) in [6.07, 6.45) is 5.10. The van der Waals surface area contributed by atoms with E-state index >= 15 is 0 Å². The fourth-order valence-electron chi connectivity index (χ4n) is 4.62. The van der Waals surface area contributed by atoms with Crippen molar-refractivity contribution < 1.29 is 9.59 Å². The van der Waals surface area contributed by atoms with Gasteiger partial charge >= 0.3 is 0 Å². The van der Waals surface area contributed by atoms with Gasteiger partial charge in [-0.2, -0.15) is 0 Å². The minimum atomic E-state index is 0.00284. The Bertz CT molecular complexity index is 1090. The van der Waals surface area contributed by atoms with Crippen LogP contribution in [-0.2, 0) is 0 Å². The lowest BCUT2D eigenvalue weighted by Crippen LogP contribution is -2.44. The van der Waals surface area contributed by atoms with Gasteiger partial charge in [-0.3, -0.25) is 9.59 Å². The summed E-state index contributed by atoms with van der Waals surface area (Å²) < 4.78 is 0. The molecule has 2 fully saturated rings. The van der Waals surface area contributed by atoms with Crippen LogP contribution in [0.2, 0.25) is 0 Å². The maximum absolute atomic E-state index is 12.7. The van der Waals surface area contributed by atoms with Crippen LogP contribution in [0.25, 0.3) is 10.8 Å². The summed E-state index contributed by atoms with van der Waals surface area (Å²) in [7, 11) is 0. The number of nitrogens with zero attached hydrogens (tertiary/aromatic N) is 1. The molecule has 3 aromatic rings. The summed E-state index contributed by atoms with van der Waals surface area (Å²) in [6.45, 7) is 1.80. The molecule has 0 unspecified atom stereocenters. The van der Waals surface area contributed by atoms with Gasteiger partial charge in [-0.25, -0.2) is 0 Å². The number of carbonyl (C=O) groups is 2. The second-order valence-electron chi connectivity index (χ2n) is 8.84. The molecule has 0 radical (unpaired) electrons. The molecule has 1 heterocycles. The van der Waals surface area contributed by atoms with Crippen LogP contribution in [0.1, 0.15) is 52.8 Å². The summed E-state index contributed by atoms with van der Waals surface area (Å²) in [6, 6.07) is 22.3. The van der Waals surface area contributed by atoms with Crippen LogP contribution in [0.3, 0.4) is 0 Å². The Morgan fingerprint density at radius 3 is 2.13 bits per heavy atom. The number of benzene rings is 3. The number of carbonyl (C=O) groups excluding carboxylic acids is 2. The molecule has 0 atom stereocenters. The molecular formula is C27H28N2O2.